The average molecular weight is 473 g/mol. The third kappa shape index (κ3) is 8.41. The monoisotopic (exact) mass is 473 g/mol. The first-order chi connectivity index (χ1) is 12.3. The summed E-state index contributed by atoms with van der Waals surface area (Å²) in [5.74, 6) is 2.43. The fourth-order valence-electron chi connectivity index (χ4n) is 2.26. The molecular weight excluding hydrogens is 445 g/mol. The lowest BCUT2D eigenvalue weighted by atomic mass is 10.3. The molecule has 0 bridgehead atoms. The van der Waals surface area contributed by atoms with Crippen LogP contribution in [0.2, 0.25) is 0 Å². The predicted octanol–water partition coefficient (Wildman–Crippen LogP) is 2.53. The Morgan fingerprint density at radius 3 is 2.62 bits per heavy atom. The maximum absolute atomic E-state index is 5.71. The second-order valence-electron chi connectivity index (χ2n) is 5.43. The zero-order chi connectivity index (χ0) is 17.7. The molecule has 0 aliphatic rings. The number of nitrogens with one attached hydrogen (secondary N) is 2. The average Bonchev–Trinajstić information content (AvgIpc) is 3.17. The van der Waals surface area contributed by atoms with Crippen LogP contribution >= 0.6 is 24.0 Å². The van der Waals surface area contributed by atoms with E-state index in [1.165, 1.54) is 0 Å². The Morgan fingerprint density at radius 1 is 1.15 bits per heavy atom. The highest BCUT2D eigenvalue weighted by Crippen LogP contribution is 2.18. The van der Waals surface area contributed by atoms with E-state index >= 15 is 0 Å². The quantitative estimate of drug-likeness (QED) is 0.240. The lowest BCUT2D eigenvalue weighted by molar-refractivity contribution is 0.308. The molecule has 0 atom stereocenters. The Morgan fingerprint density at radius 2 is 1.92 bits per heavy atom. The molecule has 1 aromatic carbocycles. The summed E-state index contributed by atoms with van der Waals surface area (Å²) in [5, 5.41) is 10.8. The smallest absolute Gasteiger partial charge is 0.190 e. The molecule has 0 aliphatic heterocycles. The Balaban J connectivity index is 0.00000338. The van der Waals surface area contributed by atoms with E-state index in [0.717, 1.165) is 49.9 Å². The molecule has 0 fully saturated rings. The summed E-state index contributed by atoms with van der Waals surface area (Å²) in [6.07, 6.45) is 5.63. The van der Waals surface area contributed by atoms with Crippen LogP contribution in [0.4, 0.5) is 0 Å². The molecule has 0 saturated carbocycles. The van der Waals surface area contributed by atoms with Crippen molar-refractivity contribution in [2.45, 2.75) is 19.4 Å². The predicted molar refractivity (Wildman–Crippen MR) is 115 cm³/mol. The summed E-state index contributed by atoms with van der Waals surface area (Å²) >= 11 is 0. The zero-order valence-corrected chi connectivity index (χ0v) is 17.7. The molecule has 0 spiro atoms. The lowest BCUT2D eigenvalue weighted by Crippen LogP contribution is -2.38. The number of guanidine groups is 1. The van der Waals surface area contributed by atoms with Gasteiger partial charge in [0.05, 0.1) is 13.7 Å². The molecule has 2 N–H and O–H groups in total. The van der Waals surface area contributed by atoms with Gasteiger partial charge in [-0.25, -0.2) is 0 Å². The molecule has 1 heterocycles. The first-order valence-electron chi connectivity index (χ1n) is 8.50. The van der Waals surface area contributed by atoms with Gasteiger partial charge in [0.2, 0.25) is 0 Å². The number of hydrogen-bond acceptors (Lipinski definition) is 4. The van der Waals surface area contributed by atoms with Crippen LogP contribution in [-0.2, 0) is 6.54 Å². The molecule has 2 rings (SSSR count). The van der Waals surface area contributed by atoms with Crippen LogP contribution in [0.15, 0.2) is 47.7 Å². The molecule has 0 saturated heterocycles. The van der Waals surface area contributed by atoms with Gasteiger partial charge in [-0.15, -0.1) is 24.0 Å². The fourth-order valence-corrected chi connectivity index (χ4v) is 2.26. The number of hydrogen-bond donors (Lipinski definition) is 2. The lowest BCUT2D eigenvalue weighted by Gasteiger charge is -2.12. The largest absolute Gasteiger partial charge is 0.497 e. The number of aryl methyl sites for hydroxylation is 1. The van der Waals surface area contributed by atoms with Crippen LogP contribution in [0.3, 0.4) is 0 Å². The fraction of sp³-hybridized carbons (Fsp3) is 0.444. The number of nitrogens with zero attached hydrogens (tertiary/aromatic N) is 3. The molecule has 144 valence electrons. The van der Waals surface area contributed by atoms with E-state index in [4.69, 9.17) is 9.47 Å². The number of rotatable bonds is 10. The van der Waals surface area contributed by atoms with Crippen LogP contribution in [0, 0.1) is 0 Å². The van der Waals surface area contributed by atoms with Crippen LogP contribution in [0.1, 0.15) is 12.8 Å². The van der Waals surface area contributed by atoms with E-state index in [0.29, 0.717) is 6.61 Å². The minimum Gasteiger partial charge on any atom is -0.497 e. The highest BCUT2D eigenvalue weighted by Gasteiger charge is 1.99. The van der Waals surface area contributed by atoms with Crippen molar-refractivity contribution >= 4 is 29.9 Å². The molecule has 2 aromatic rings. The number of ether oxygens (including phenoxy) is 2. The number of halogens is 1. The normalized spacial score (nSPS) is 10.8. The molecule has 0 amide bonds. The molecule has 0 aliphatic carbocycles. The van der Waals surface area contributed by atoms with Crippen molar-refractivity contribution in [3.05, 3.63) is 42.7 Å². The Labute approximate surface area is 172 Å². The van der Waals surface area contributed by atoms with Gasteiger partial charge >= 0.3 is 0 Å². The SMILES string of the molecule is CN=C(NCCCOc1cccc(OC)c1)NCCCn1cccn1.I. The molecule has 0 radical (unpaired) electrons. The van der Waals surface area contributed by atoms with Gasteiger partial charge in [-0.05, 0) is 31.0 Å². The highest BCUT2D eigenvalue weighted by molar-refractivity contribution is 14.0. The van der Waals surface area contributed by atoms with E-state index < -0.39 is 0 Å². The second-order valence-corrected chi connectivity index (χ2v) is 5.43. The van der Waals surface area contributed by atoms with E-state index in [-0.39, 0.29) is 24.0 Å². The summed E-state index contributed by atoms with van der Waals surface area (Å²) < 4.78 is 12.8. The first-order valence-corrected chi connectivity index (χ1v) is 8.50. The van der Waals surface area contributed by atoms with E-state index in [1.54, 1.807) is 20.4 Å². The number of aromatic nitrogens is 2. The van der Waals surface area contributed by atoms with Gasteiger partial charge in [0, 0.05) is 45.1 Å². The van der Waals surface area contributed by atoms with Crippen molar-refractivity contribution in [1.29, 1.82) is 0 Å². The standard InChI is InChI=1S/C18H27N5O2.HI/c1-19-18(20-9-4-12-23-13-5-11-22-23)21-10-6-14-25-17-8-3-7-16(15-17)24-2;/h3,5,7-8,11,13,15H,4,6,9-10,12,14H2,1-2H3,(H2,19,20,21);1H. The van der Waals surface area contributed by atoms with Crippen molar-refractivity contribution < 1.29 is 9.47 Å². The number of benzene rings is 1. The summed E-state index contributed by atoms with van der Waals surface area (Å²) in [5.41, 5.74) is 0. The molecular formula is C18H28IN5O2. The van der Waals surface area contributed by atoms with Gasteiger partial charge in [0.25, 0.3) is 0 Å². The van der Waals surface area contributed by atoms with Gasteiger partial charge in [0.15, 0.2) is 5.96 Å². The molecule has 26 heavy (non-hydrogen) atoms. The van der Waals surface area contributed by atoms with E-state index in [2.05, 4.69) is 20.7 Å². The van der Waals surface area contributed by atoms with Crippen molar-refractivity contribution in [2.24, 2.45) is 4.99 Å². The van der Waals surface area contributed by atoms with Gasteiger partial charge in [-0.2, -0.15) is 5.10 Å². The van der Waals surface area contributed by atoms with Crippen LogP contribution in [0.25, 0.3) is 0 Å². The highest BCUT2D eigenvalue weighted by atomic mass is 127. The topological polar surface area (TPSA) is 72.7 Å². The summed E-state index contributed by atoms with van der Waals surface area (Å²) in [7, 11) is 3.42. The minimum absolute atomic E-state index is 0. The van der Waals surface area contributed by atoms with Crippen LogP contribution < -0.4 is 20.1 Å². The second kappa shape index (κ2) is 13.3. The van der Waals surface area contributed by atoms with Crippen molar-refractivity contribution in [3.63, 3.8) is 0 Å². The maximum Gasteiger partial charge on any atom is 0.190 e. The Kier molecular flexibility index (Phi) is 11.3. The molecule has 0 unspecified atom stereocenters. The van der Waals surface area contributed by atoms with Gasteiger partial charge in [-0.3, -0.25) is 9.67 Å². The van der Waals surface area contributed by atoms with E-state index in [1.807, 2.05) is 41.2 Å². The van der Waals surface area contributed by atoms with Crippen molar-refractivity contribution in [2.75, 3.05) is 33.9 Å². The third-order valence-corrected chi connectivity index (χ3v) is 3.56. The third-order valence-electron chi connectivity index (χ3n) is 3.56. The van der Waals surface area contributed by atoms with Gasteiger partial charge in [-0.1, -0.05) is 6.07 Å². The molecule has 8 heteroatoms. The summed E-state index contributed by atoms with van der Waals surface area (Å²) in [4.78, 5) is 4.22. The Hall–Kier alpha value is -1.97. The maximum atomic E-state index is 5.71. The van der Waals surface area contributed by atoms with Gasteiger partial charge in [0.1, 0.15) is 11.5 Å². The van der Waals surface area contributed by atoms with Crippen LogP contribution in [-0.4, -0.2) is 49.6 Å². The number of aliphatic imine (C=N–C) groups is 1. The molecule has 7 nitrogen and oxygen atoms in total. The molecule has 1 aromatic heterocycles. The Bertz CT molecular complexity index is 634. The summed E-state index contributed by atoms with van der Waals surface area (Å²) in [6.45, 7) is 3.17. The minimum atomic E-state index is 0. The summed E-state index contributed by atoms with van der Waals surface area (Å²) in [6, 6.07) is 9.56. The van der Waals surface area contributed by atoms with Crippen molar-refractivity contribution in [3.8, 4) is 11.5 Å². The van der Waals surface area contributed by atoms with Crippen molar-refractivity contribution in [1.82, 2.24) is 20.4 Å². The number of methoxy groups -OCH3 is 1. The van der Waals surface area contributed by atoms with Crippen LogP contribution in [0.5, 0.6) is 11.5 Å². The zero-order valence-electron chi connectivity index (χ0n) is 15.4. The van der Waals surface area contributed by atoms with E-state index in [9.17, 15) is 0 Å². The van der Waals surface area contributed by atoms with Gasteiger partial charge < -0.3 is 20.1 Å². The first kappa shape index (κ1) is 22.1.